The Kier molecular flexibility index (Phi) is 4.08. The van der Waals surface area contributed by atoms with Gasteiger partial charge in [-0.2, -0.15) is 0 Å². The SMILES string of the molecule is CCCNCC1(Cc2cn(C)nn2)CCOC1C1CC1. The van der Waals surface area contributed by atoms with E-state index in [1.807, 2.05) is 13.2 Å². The van der Waals surface area contributed by atoms with Crippen molar-refractivity contribution in [3.8, 4) is 0 Å². The summed E-state index contributed by atoms with van der Waals surface area (Å²) in [6.45, 7) is 5.24. The van der Waals surface area contributed by atoms with Crippen LogP contribution in [0.5, 0.6) is 0 Å². The normalized spacial score (nSPS) is 30.0. The summed E-state index contributed by atoms with van der Waals surface area (Å²) in [5.41, 5.74) is 1.31. The molecule has 1 aromatic heterocycles. The topological polar surface area (TPSA) is 52.0 Å². The quantitative estimate of drug-likeness (QED) is 0.769. The van der Waals surface area contributed by atoms with Gasteiger partial charge < -0.3 is 10.1 Å². The molecule has 1 aromatic rings. The van der Waals surface area contributed by atoms with Crippen molar-refractivity contribution >= 4 is 0 Å². The molecule has 0 bridgehead atoms. The molecule has 20 heavy (non-hydrogen) atoms. The summed E-state index contributed by atoms with van der Waals surface area (Å²) in [4.78, 5) is 0. The first kappa shape index (κ1) is 14.0. The Hall–Kier alpha value is -0.940. The van der Waals surface area contributed by atoms with Crippen LogP contribution in [-0.4, -0.2) is 40.8 Å². The van der Waals surface area contributed by atoms with Crippen molar-refractivity contribution in [3.05, 3.63) is 11.9 Å². The first-order chi connectivity index (χ1) is 9.73. The van der Waals surface area contributed by atoms with Gasteiger partial charge in [-0.25, -0.2) is 0 Å². The maximum atomic E-state index is 6.11. The Morgan fingerprint density at radius 1 is 1.50 bits per heavy atom. The Morgan fingerprint density at radius 3 is 3.00 bits per heavy atom. The maximum Gasteiger partial charge on any atom is 0.0834 e. The lowest BCUT2D eigenvalue weighted by Gasteiger charge is -2.34. The molecule has 0 spiro atoms. The zero-order valence-corrected chi connectivity index (χ0v) is 12.6. The average Bonchev–Trinajstić information content (AvgIpc) is 3.07. The minimum atomic E-state index is 0.215. The van der Waals surface area contributed by atoms with Gasteiger partial charge in [0.25, 0.3) is 0 Å². The zero-order valence-electron chi connectivity index (χ0n) is 12.6. The molecule has 112 valence electrons. The van der Waals surface area contributed by atoms with Crippen LogP contribution in [0.25, 0.3) is 0 Å². The summed E-state index contributed by atoms with van der Waals surface area (Å²) < 4.78 is 7.90. The van der Waals surface area contributed by atoms with Crippen LogP contribution in [-0.2, 0) is 18.2 Å². The fourth-order valence-corrected chi connectivity index (χ4v) is 3.53. The van der Waals surface area contributed by atoms with Crippen LogP contribution in [0.2, 0.25) is 0 Å². The second kappa shape index (κ2) is 5.82. The van der Waals surface area contributed by atoms with Crippen LogP contribution >= 0.6 is 0 Å². The summed E-state index contributed by atoms with van der Waals surface area (Å²) in [5, 5.41) is 12.0. The zero-order chi connectivity index (χ0) is 14.0. The number of nitrogens with one attached hydrogen (secondary N) is 1. The van der Waals surface area contributed by atoms with Crippen LogP contribution < -0.4 is 5.32 Å². The number of ether oxygens (including phenoxy) is 1. The lowest BCUT2D eigenvalue weighted by atomic mass is 9.75. The third-order valence-corrected chi connectivity index (χ3v) is 4.64. The highest BCUT2D eigenvalue weighted by Gasteiger charge is 2.50. The minimum absolute atomic E-state index is 0.215. The number of aryl methyl sites for hydroxylation is 1. The standard InChI is InChI=1S/C15H26N4O/c1-3-7-16-11-15(9-13-10-19(2)18-17-13)6-8-20-14(15)12-4-5-12/h10,12,14,16H,3-9,11H2,1-2H3. The second-order valence-corrected chi connectivity index (χ2v) is 6.48. The first-order valence-electron chi connectivity index (χ1n) is 7.91. The van der Waals surface area contributed by atoms with Gasteiger partial charge in [0, 0.05) is 38.2 Å². The van der Waals surface area contributed by atoms with Gasteiger partial charge in [-0.3, -0.25) is 4.68 Å². The molecule has 1 aliphatic heterocycles. The largest absolute Gasteiger partial charge is 0.377 e. The Bertz CT molecular complexity index is 443. The molecule has 0 aromatic carbocycles. The van der Waals surface area contributed by atoms with Gasteiger partial charge in [0.05, 0.1) is 11.8 Å². The molecule has 5 nitrogen and oxygen atoms in total. The molecular weight excluding hydrogens is 252 g/mol. The maximum absolute atomic E-state index is 6.11. The molecule has 1 saturated heterocycles. The van der Waals surface area contributed by atoms with Gasteiger partial charge in [-0.05, 0) is 38.1 Å². The highest BCUT2D eigenvalue weighted by atomic mass is 16.5. The van der Waals surface area contributed by atoms with Crippen molar-refractivity contribution in [2.45, 2.75) is 45.1 Å². The molecule has 2 atom stereocenters. The predicted octanol–water partition coefficient (Wildman–Crippen LogP) is 1.54. The van der Waals surface area contributed by atoms with Crippen molar-refractivity contribution < 1.29 is 4.74 Å². The van der Waals surface area contributed by atoms with Crippen LogP contribution in [0.15, 0.2) is 6.20 Å². The molecule has 1 N–H and O–H groups in total. The molecule has 2 aliphatic rings. The summed E-state index contributed by atoms with van der Waals surface area (Å²) in [5.74, 6) is 0.776. The monoisotopic (exact) mass is 278 g/mol. The van der Waals surface area contributed by atoms with Crippen LogP contribution in [0.3, 0.4) is 0 Å². The van der Waals surface area contributed by atoms with Crippen molar-refractivity contribution in [1.29, 1.82) is 0 Å². The van der Waals surface area contributed by atoms with E-state index in [4.69, 9.17) is 4.74 Å². The predicted molar refractivity (Wildman–Crippen MR) is 77.4 cm³/mol. The van der Waals surface area contributed by atoms with Crippen molar-refractivity contribution in [3.63, 3.8) is 0 Å². The minimum Gasteiger partial charge on any atom is -0.377 e. The Balaban J connectivity index is 1.74. The molecule has 2 fully saturated rings. The summed E-state index contributed by atoms with van der Waals surface area (Å²) in [7, 11) is 1.93. The molecule has 2 heterocycles. The van der Waals surface area contributed by atoms with E-state index in [2.05, 4.69) is 22.6 Å². The summed E-state index contributed by atoms with van der Waals surface area (Å²) in [6.07, 6.45) is 8.43. The lowest BCUT2D eigenvalue weighted by molar-refractivity contribution is 0.0303. The van der Waals surface area contributed by atoms with E-state index in [1.54, 1.807) is 4.68 Å². The number of nitrogens with zero attached hydrogens (tertiary/aromatic N) is 3. The highest BCUT2D eigenvalue weighted by molar-refractivity contribution is 5.07. The first-order valence-corrected chi connectivity index (χ1v) is 7.91. The fourth-order valence-electron chi connectivity index (χ4n) is 3.53. The van der Waals surface area contributed by atoms with Gasteiger partial charge in [0.15, 0.2) is 0 Å². The molecule has 0 amide bonds. The fraction of sp³-hybridized carbons (Fsp3) is 0.867. The van der Waals surface area contributed by atoms with E-state index in [0.717, 1.165) is 44.1 Å². The van der Waals surface area contributed by atoms with E-state index in [9.17, 15) is 0 Å². The summed E-state index contributed by atoms with van der Waals surface area (Å²) in [6, 6.07) is 0. The average molecular weight is 278 g/mol. The van der Waals surface area contributed by atoms with Gasteiger partial charge in [-0.1, -0.05) is 12.1 Å². The number of rotatable bonds is 7. The van der Waals surface area contributed by atoms with Crippen molar-refractivity contribution in [1.82, 2.24) is 20.3 Å². The van der Waals surface area contributed by atoms with E-state index in [1.165, 1.54) is 19.3 Å². The van der Waals surface area contributed by atoms with Gasteiger partial charge in [-0.15, -0.1) is 5.10 Å². The number of hydrogen-bond donors (Lipinski definition) is 1. The van der Waals surface area contributed by atoms with E-state index < -0.39 is 0 Å². The van der Waals surface area contributed by atoms with E-state index in [0.29, 0.717) is 6.10 Å². The van der Waals surface area contributed by atoms with E-state index in [-0.39, 0.29) is 5.41 Å². The molecule has 1 saturated carbocycles. The molecular formula is C15H26N4O. The molecule has 5 heteroatoms. The Morgan fingerprint density at radius 2 is 2.35 bits per heavy atom. The molecule has 3 rings (SSSR count). The smallest absolute Gasteiger partial charge is 0.0834 e. The molecule has 2 unspecified atom stereocenters. The highest BCUT2D eigenvalue weighted by Crippen LogP contribution is 2.49. The molecule has 1 aliphatic carbocycles. The third-order valence-electron chi connectivity index (χ3n) is 4.64. The van der Waals surface area contributed by atoms with Crippen LogP contribution in [0.1, 0.15) is 38.3 Å². The number of hydrogen-bond acceptors (Lipinski definition) is 4. The van der Waals surface area contributed by atoms with Crippen molar-refractivity contribution in [2.24, 2.45) is 18.4 Å². The van der Waals surface area contributed by atoms with Crippen molar-refractivity contribution in [2.75, 3.05) is 19.7 Å². The van der Waals surface area contributed by atoms with E-state index >= 15 is 0 Å². The van der Waals surface area contributed by atoms with Crippen LogP contribution in [0.4, 0.5) is 0 Å². The number of aromatic nitrogens is 3. The third kappa shape index (κ3) is 2.88. The summed E-state index contributed by atoms with van der Waals surface area (Å²) >= 11 is 0. The Labute approximate surface area is 121 Å². The molecule has 0 radical (unpaired) electrons. The second-order valence-electron chi connectivity index (χ2n) is 6.48. The lowest BCUT2D eigenvalue weighted by Crippen LogP contribution is -2.44. The van der Waals surface area contributed by atoms with Crippen LogP contribution in [0, 0.1) is 11.3 Å². The van der Waals surface area contributed by atoms with Gasteiger partial charge in [0.2, 0.25) is 0 Å². The van der Waals surface area contributed by atoms with Gasteiger partial charge in [0.1, 0.15) is 0 Å². The van der Waals surface area contributed by atoms with Gasteiger partial charge >= 0.3 is 0 Å².